The van der Waals surface area contributed by atoms with Crippen LogP contribution in [-0.4, -0.2) is 17.8 Å². The molecule has 0 fully saturated rings. The van der Waals surface area contributed by atoms with Crippen molar-refractivity contribution in [2.45, 2.75) is 25.0 Å². The molecule has 166 valence electrons. The maximum Gasteiger partial charge on any atom is 0.209 e. The largest absolute Gasteiger partial charge is 0.209 e. The van der Waals surface area contributed by atoms with Gasteiger partial charge in [-0.25, -0.2) is 0 Å². The van der Waals surface area contributed by atoms with E-state index in [0.717, 1.165) is 19.5 Å². The smallest absolute Gasteiger partial charge is 0.161 e. The molecule has 1 aliphatic rings. The predicted molar refractivity (Wildman–Crippen MR) is 147 cm³/mol. The van der Waals surface area contributed by atoms with Crippen molar-refractivity contribution in [3.8, 4) is 0 Å². The fourth-order valence-electron chi connectivity index (χ4n) is 5.25. The molecular formula is C30H31NPS+. The van der Waals surface area contributed by atoms with Crippen molar-refractivity contribution in [2.24, 2.45) is 0 Å². The molecule has 0 N–H and O–H groups in total. The molecule has 4 aromatic rings. The molecule has 33 heavy (non-hydrogen) atoms. The van der Waals surface area contributed by atoms with E-state index in [2.05, 4.69) is 145 Å². The van der Waals surface area contributed by atoms with Gasteiger partial charge in [0.2, 0.25) is 6.62 Å². The van der Waals surface area contributed by atoms with Crippen molar-refractivity contribution in [3.63, 3.8) is 0 Å². The third kappa shape index (κ3) is 3.75. The molecule has 1 nitrogen and oxygen atoms in total. The van der Waals surface area contributed by atoms with Crippen molar-refractivity contribution in [1.82, 2.24) is 4.67 Å². The first-order chi connectivity index (χ1) is 16.2. The average Bonchev–Trinajstić information content (AvgIpc) is 3.19. The van der Waals surface area contributed by atoms with Crippen LogP contribution in [0.4, 0.5) is 0 Å². The highest BCUT2D eigenvalue weighted by molar-refractivity contribution is 8.67. The van der Waals surface area contributed by atoms with Crippen LogP contribution < -0.4 is 10.6 Å². The Hall–Kier alpha value is -2.38. The first kappa shape index (κ1) is 22.4. The zero-order valence-electron chi connectivity index (χ0n) is 19.4. The lowest BCUT2D eigenvalue weighted by Gasteiger charge is -2.34. The van der Waals surface area contributed by atoms with Crippen LogP contribution in [0.25, 0.3) is 0 Å². The van der Waals surface area contributed by atoms with Gasteiger partial charge in [-0.15, -0.1) is 0 Å². The Morgan fingerprint density at radius 3 is 1.85 bits per heavy atom. The second-order valence-electron chi connectivity index (χ2n) is 8.51. The van der Waals surface area contributed by atoms with Gasteiger partial charge in [0.15, 0.2) is 0 Å². The molecule has 1 heterocycles. The summed E-state index contributed by atoms with van der Waals surface area (Å²) < 4.78 is 2.62. The molecule has 4 aromatic carbocycles. The summed E-state index contributed by atoms with van der Waals surface area (Å²) in [6, 6.07) is 42.8. The summed E-state index contributed by atoms with van der Waals surface area (Å²) in [4.78, 5) is 0. The number of fused-ring (bicyclic) bond motifs is 1. The minimum atomic E-state index is -1.87. The van der Waals surface area contributed by atoms with Crippen LogP contribution in [0, 0.1) is 0 Å². The van der Waals surface area contributed by atoms with Crippen LogP contribution in [0.3, 0.4) is 0 Å². The van der Waals surface area contributed by atoms with Crippen LogP contribution in [-0.2, 0) is 11.2 Å². The van der Waals surface area contributed by atoms with Crippen LogP contribution >= 0.6 is 18.0 Å². The van der Waals surface area contributed by atoms with Gasteiger partial charge in [-0.05, 0) is 49.6 Å². The Bertz CT molecular complexity index is 1190. The summed E-state index contributed by atoms with van der Waals surface area (Å²) in [5, 5.41) is 3.00. The minimum Gasteiger partial charge on any atom is -0.161 e. The molecule has 0 spiro atoms. The highest BCUT2D eigenvalue weighted by atomic mass is 32.7. The van der Waals surface area contributed by atoms with Gasteiger partial charge in [-0.2, -0.15) is 4.67 Å². The van der Waals surface area contributed by atoms with Gasteiger partial charge >= 0.3 is 0 Å². The van der Waals surface area contributed by atoms with Gasteiger partial charge < -0.3 is 0 Å². The summed E-state index contributed by atoms with van der Waals surface area (Å²) >= 11 is 2.23. The molecule has 1 aliphatic heterocycles. The topological polar surface area (TPSA) is 3.24 Å². The van der Waals surface area contributed by atoms with Gasteiger partial charge in [0.1, 0.15) is 15.4 Å². The highest BCUT2D eigenvalue weighted by Crippen LogP contribution is 2.81. The van der Waals surface area contributed by atoms with E-state index in [0.29, 0.717) is 0 Å². The van der Waals surface area contributed by atoms with Crippen molar-refractivity contribution in [2.75, 3.05) is 13.1 Å². The van der Waals surface area contributed by atoms with Crippen molar-refractivity contribution < 1.29 is 0 Å². The Labute approximate surface area is 203 Å². The maximum atomic E-state index is 2.75. The summed E-state index contributed by atoms with van der Waals surface area (Å²) in [6.45, 7) is 4.84. The Kier molecular flexibility index (Phi) is 6.43. The first-order valence-electron chi connectivity index (χ1n) is 11.8. The lowest BCUT2D eigenvalue weighted by Crippen LogP contribution is -2.34. The molecule has 2 unspecified atom stereocenters. The van der Waals surface area contributed by atoms with E-state index in [1.54, 1.807) is 0 Å². The maximum absolute atomic E-state index is 2.75. The number of benzene rings is 4. The van der Waals surface area contributed by atoms with Crippen molar-refractivity contribution in [1.29, 1.82) is 0 Å². The third-order valence-electron chi connectivity index (χ3n) is 6.72. The third-order valence-corrected chi connectivity index (χ3v) is 14.9. The minimum absolute atomic E-state index is 0.134. The van der Waals surface area contributed by atoms with E-state index in [1.807, 2.05) is 0 Å². The molecule has 3 heteroatoms. The van der Waals surface area contributed by atoms with Gasteiger partial charge in [-0.1, -0.05) is 97.1 Å². The standard InChI is InChI=1S/C30H31NPS/c1-3-31(4-2)32(27-20-12-7-13-21-27)29-23-15-14-22-28(29)30(33-32,26-18-10-6-11-19-26)24-25-16-8-5-9-17-25/h5-23H,3-4,24H2,1-2H3/q+1. The van der Waals surface area contributed by atoms with Crippen LogP contribution in [0.15, 0.2) is 115 Å². The zero-order chi connectivity index (χ0) is 22.7. The second-order valence-corrected chi connectivity index (χ2v) is 14.2. The molecule has 0 bridgehead atoms. The Morgan fingerprint density at radius 2 is 1.21 bits per heavy atom. The van der Waals surface area contributed by atoms with Gasteiger partial charge in [0, 0.05) is 18.7 Å². The molecule has 0 aliphatic carbocycles. The lowest BCUT2D eigenvalue weighted by atomic mass is 9.85. The molecule has 5 rings (SSSR count). The van der Waals surface area contributed by atoms with Crippen LogP contribution in [0.2, 0.25) is 0 Å². The molecular weight excluding hydrogens is 437 g/mol. The molecule has 0 saturated carbocycles. The van der Waals surface area contributed by atoms with E-state index >= 15 is 0 Å². The number of nitrogens with zero attached hydrogens (tertiary/aromatic N) is 1. The van der Waals surface area contributed by atoms with Crippen molar-refractivity contribution >= 4 is 28.6 Å². The molecule has 0 aromatic heterocycles. The monoisotopic (exact) mass is 468 g/mol. The van der Waals surface area contributed by atoms with Gasteiger partial charge in [-0.3, -0.25) is 0 Å². The summed E-state index contributed by atoms with van der Waals surface area (Å²) in [6.07, 6.45) is 0.982. The molecule has 2 atom stereocenters. The Balaban J connectivity index is 1.82. The lowest BCUT2D eigenvalue weighted by molar-refractivity contribution is 0.512. The zero-order valence-corrected chi connectivity index (χ0v) is 21.1. The summed E-state index contributed by atoms with van der Waals surface area (Å²) in [7, 11) is 0. The number of hydrogen-bond donors (Lipinski definition) is 0. The predicted octanol–water partition coefficient (Wildman–Crippen LogP) is 7.06. The Morgan fingerprint density at radius 1 is 0.667 bits per heavy atom. The summed E-state index contributed by atoms with van der Waals surface area (Å²) in [5.74, 6) is 0. The van der Waals surface area contributed by atoms with Gasteiger partial charge in [0.25, 0.3) is 0 Å². The molecule has 0 radical (unpaired) electrons. The van der Waals surface area contributed by atoms with E-state index in [1.165, 1.54) is 27.3 Å². The molecule has 0 amide bonds. The van der Waals surface area contributed by atoms with E-state index in [9.17, 15) is 0 Å². The van der Waals surface area contributed by atoms with E-state index in [4.69, 9.17) is 0 Å². The van der Waals surface area contributed by atoms with E-state index in [-0.39, 0.29) is 4.75 Å². The highest BCUT2D eigenvalue weighted by Gasteiger charge is 2.65. The van der Waals surface area contributed by atoms with Crippen molar-refractivity contribution in [3.05, 3.63) is 132 Å². The van der Waals surface area contributed by atoms with Crippen LogP contribution in [0.5, 0.6) is 0 Å². The average molecular weight is 469 g/mol. The second kappa shape index (κ2) is 9.47. The quantitative estimate of drug-likeness (QED) is 0.267. The summed E-state index contributed by atoms with van der Waals surface area (Å²) in [5.41, 5.74) is 4.27. The normalized spacial score (nSPS) is 21.8. The van der Waals surface area contributed by atoms with E-state index < -0.39 is 6.62 Å². The number of hydrogen-bond acceptors (Lipinski definition) is 2. The fraction of sp³-hybridized carbons (Fsp3) is 0.200. The SMILES string of the molecule is CCN(CC)[P+]1(c2ccccc2)SC(Cc2ccccc2)(c2ccccc2)c2ccccc21. The number of rotatable bonds is 7. The first-order valence-corrected chi connectivity index (χ1v) is 15.0. The fourth-order valence-corrected chi connectivity index (χ4v) is 14.7. The van der Waals surface area contributed by atoms with Gasteiger partial charge in [0.05, 0.1) is 11.4 Å². The van der Waals surface area contributed by atoms with Crippen LogP contribution in [0.1, 0.15) is 30.5 Å². The molecule has 0 saturated heterocycles.